The van der Waals surface area contributed by atoms with Gasteiger partial charge in [-0.3, -0.25) is 19.3 Å². The number of carbonyl (C=O) groups excluding carboxylic acids is 3. The van der Waals surface area contributed by atoms with Gasteiger partial charge in [-0.1, -0.05) is 61.2 Å². The Kier molecular flexibility index (Phi) is 7.75. The molecule has 0 radical (unpaired) electrons. The molecule has 1 aliphatic heterocycles. The zero-order chi connectivity index (χ0) is 26.5. The van der Waals surface area contributed by atoms with E-state index in [0.717, 1.165) is 43.4 Å². The van der Waals surface area contributed by atoms with Crippen molar-refractivity contribution in [3.05, 3.63) is 101 Å². The lowest BCUT2D eigenvalue weighted by Crippen LogP contribution is -2.43. The van der Waals surface area contributed by atoms with Crippen molar-refractivity contribution in [2.24, 2.45) is 0 Å². The Balaban J connectivity index is 1.15. The maximum atomic E-state index is 12.9. The van der Waals surface area contributed by atoms with Crippen LogP contribution in [0.2, 0.25) is 0 Å². The molecular weight excluding hydrogens is 502 g/mol. The fraction of sp³-hybridized carbons (Fsp3) is 0.233. The normalized spacial score (nSPS) is 16.1. The van der Waals surface area contributed by atoms with E-state index < -0.39 is 5.91 Å². The van der Waals surface area contributed by atoms with E-state index in [4.69, 9.17) is 16.3 Å². The molecule has 8 heteroatoms. The van der Waals surface area contributed by atoms with Crippen LogP contribution in [0.15, 0.2) is 89.6 Å². The number of anilines is 1. The number of carbonyl (C=O) groups is 3. The van der Waals surface area contributed by atoms with E-state index in [1.165, 1.54) is 4.90 Å². The van der Waals surface area contributed by atoms with E-state index in [-0.39, 0.29) is 28.6 Å². The van der Waals surface area contributed by atoms with Gasteiger partial charge >= 0.3 is 0 Å². The van der Waals surface area contributed by atoms with Crippen molar-refractivity contribution in [1.82, 2.24) is 10.2 Å². The minimum Gasteiger partial charge on any atom is -0.457 e. The molecule has 0 aromatic heterocycles. The van der Waals surface area contributed by atoms with Crippen LogP contribution in [0.1, 0.15) is 48.0 Å². The van der Waals surface area contributed by atoms with Gasteiger partial charge in [-0.2, -0.15) is 0 Å². The van der Waals surface area contributed by atoms with Gasteiger partial charge in [-0.25, -0.2) is 0 Å². The van der Waals surface area contributed by atoms with E-state index in [1.807, 2.05) is 30.3 Å². The number of rotatable bonds is 8. The number of hydrogen-bond acceptors (Lipinski definition) is 5. The number of imide groups is 1. The highest BCUT2D eigenvalue weighted by Gasteiger charge is 2.41. The smallest absolute Gasteiger partial charge is 0.278 e. The largest absolute Gasteiger partial charge is 0.457 e. The second-order valence-electron chi connectivity index (χ2n) is 9.41. The monoisotopic (exact) mass is 529 g/mol. The van der Waals surface area contributed by atoms with Crippen LogP contribution in [0.4, 0.5) is 5.69 Å². The molecule has 38 heavy (non-hydrogen) atoms. The number of benzene rings is 3. The van der Waals surface area contributed by atoms with Gasteiger partial charge in [0.2, 0.25) is 0 Å². The Bertz CT molecular complexity index is 1350. The number of hydrogen-bond donors (Lipinski definition) is 2. The third kappa shape index (κ3) is 5.73. The van der Waals surface area contributed by atoms with Crippen LogP contribution in [0.5, 0.6) is 11.5 Å². The van der Waals surface area contributed by atoms with Crippen LogP contribution in [0, 0.1) is 0 Å². The summed E-state index contributed by atoms with van der Waals surface area (Å²) >= 11 is 6.24. The lowest BCUT2D eigenvalue weighted by atomic mass is 9.94. The van der Waals surface area contributed by atoms with Crippen LogP contribution in [0.3, 0.4) is 0 Å². The molecule has 0 saturated heterocycles. The first kappa shape index (κ1) is 25.5. The number of ether oxygens (including phenoxy) is 1. The lowest BCUT2D eigenvalue weighted by Gasteiger charge is -2.29. The SMILES string of the molecule is O=C(Nc1ccc(Oc2ccccc2)cc1)c1ccc(CNC2=C(Cl)C(=O)N(C3CCCCC3)C2=O)cc1. The molecule has 1 heterocycles. The molecule has 0 spiro atoms. The predicted octanol–water partition coefficient (Wildman–Crippen LogP) is 5.97. The summed E-state index contributed by atoms with van der Waals surface area (Å²) in [6, 6.07) is 23.6. The first-order chi connectivity index (χ1) is 18.5. The van der Waals surface area contributed by atoms with Crippen molar-refractivity contribution in [1.29, 1.82) is 0 Å². The van der Waals surface area contributed by atoms with Crippen molar-refractivity contribution < 1.29 is 19.1 Å². The van der Waals surface area contributed by atoms with E-state index in [9.17, 15) is 14.4 Å². The maximum absolute atomic E-state index is 12.9. The summed E-state index contributed by atoms with van der Waals surface area (Å²) in [5.74, 6) is 0.390. The highest BCUT2D eigenvalue weighted by Crippen LogP contribution is 2.31. The standard InChI is InChI=1S/C30H28ClN3O4/c31-26-27(30(37)34(29(26)36)23-7-3-1-4-8-23)32-19-20-11-13-21(14-12-20)28(35)33-22-15-17-25(18-16-22)38-24-9-5-2-6-10-24/h2,5-6,9-18,23,32H,1,3-4,7-8,19H2,(H,33,35). The third-order valence-electron chi connectivity index (χ3n) is 6.78. The quantitative estimate of drug-likeness (QED) is 0.351. The summed E-state index contributed by atoms with van der Waals surface area (Å²) in [6.45, 7) is 0.299. The maximum Gasteiger partial charge on any atom is 0.278 e. The molecule has 1 saturated carbocycles. The topological polar surface area (TPSA) is 87.7 Å². The number of nitrogens with zero attached hydrogens (tertiary/aromatic N) is 1. The minimum absolute atomic E-state index is 0.0586. The average molecular weight is 530 g/mol. The molecule has 0 atom stereocenters. The Morgan fingerprint density at radius 3 is 2.18 bits per heavy atom. The van der Waals surface area contributed by atoms with Gasteiger partial charge in [0.1, 0.15) is 22.2 Å². The van der Waals surface area contributed by atoms with Gasteiger partial charge in [0, 0.05) is 23.8 Å². The van der Waals surface area contributed by atoms with E-state index in [2.05, 4.69) is 10.6 Å². The molecule has 3 aromatic rings. The lowest BCUT2D eigenvalue weighted by molar-refractivity contribution is -0.140. The number of amides is 3. The molecular formula is C30H28ClN3O4. The molecule has 2 aliphatic rings. The second-order valence-corrected chi connectivity index (χ2v) is 9.78. The molecule has 0 unspecified atom stereocenters. The van der Waals surface area contributed by atoms with Crippen LogP contribution in [0.25, 0.3) is 0 Å². The third-order valence-corrected chi connectivity index (χ3v) is 7.13. The summed E-state index contributed by atoms with van der Waals surface area (Å²) in [7, 11) is 0. The first-order valence-electron chi connectivity index (χ1n) is 12.7. The number of halogens is 1. The van der Waals surface area contributed by atoms with Gasteiger partial charge in [0.05, 0.1) is 0 Å². The summed E-state index contributed by atoms with van der Waals surface area (Å²) in [5, 5.41) is 5.85. The van der Waals surface area contributed by atoms with Crippen LogP contribution < -0.4 is 15.4 Å². The van der Waals surface area contributed by atoms with Gasteiger partial charge in [-0.05, 0) is 66.9 Å². The predicted molar refractivity (Wildman–Crippen MR) is 146 cm³/mol. The van der Waals surface area contributed by atoms with Crippen molar-refractivity contribution in [2.45, 2.75) is 44.7 Å². The highest BCUT2D eigenvalue weighted by molar-refractivity contribution is 6.47. The van der Waals surface area contributed by atoms with Crippen molar-refractivity contribution in [3.63, 3.8) is 0 Å². The fourth-order valence-corrected chi connectivity index (χ4v) is 4.98. The van der Waals surface area contributed by atoms with E-state index in [1.54, 1.807) is 48.5 Å². The summed E-state index contributed by atoms with van der Waals surface area (Å²) < 4.78 is 5.78. The van der Waals surface area contributed by atoms with Gasteiger partial charge in [0.25, 0.3) is 17.7 Å². The zero-order valence-corrected chi connectivity index (χ0v) is 21.5. The minimum atomic E-state index is -0.419. The molecule has 3 aromatic carbocycles. The van der Waals surface area contributed by atoms with Crippen LogP contribution in [-0.4, -0.2) is 28.7 Å². The molecule has 2 N–H and O–H groups in total. The first-order valence-corrected chi connectivity index (χ1v) is 13.1. The summed E-state index contributed by atoms with van der Waals surface area (Å²) in [4.78, 5) is 39.6. The van der Waals surface area contributed by atoms with Crippen molar-refractivity contribution >= 4 is 35.0 Å². The highest BCUT2D eigenvalue weighted by atomic mass is 35.5. The summed E-state index contributed by atoms with van der Waals surface area (Å²) in [6.07, 6.45) is 4.79. The van der Waals surface area contributed by atoms with Crippen molar-refractivity contribution in [3.8, 4) is 11.5 Å². The Morgan fingerprint density at radius 2 is 1.50 bits per heavy atom. The molecule has 1 aliphatic carbocycles. The van der Waals surface area contributed by atoms with Crippen molar-refractivity contribution in [2.75, 3.05) is 5.32 Å². The number of nitrogens with one attached hydrogen (secondary N) is 2. The van der Waals surface area contributed by atoms with Crippen LogP contribution >= 0.6 is 11.6 Å². The van der Waals surface area contributed by atoms with Gasteiger partial charge in [0.15, 0.2) is 0 Å². The molecule has 3 amide bonds. The Morgan fingerprint density at radius 1 is 0.842 bits per heavy atom. The molecule has 194 valence electrons. The van der Waals surface area contributed by atoms with Gasteiger partial charge < -0.3 is 15.4 Å². The molecule has 1 fully saturated rings. The Hall–Kier alpha value is -4.10. The average Bonchev–Trinajstić information content (AvgIpc) is 3.16. The Labute approximate surface area is 226 Å². The number of para-hydroxylation sites is 1. The molecule has 5 rings (SSSR count). The van der Waals surface area contributed by atoms with E-state index >= 15 is 0 Å². The molecule has 7 nitrogen and oxygen atoms in total. The molecule has 0 bridgehead atoms. The van der Waals surface area contributed by atoms with Gasteiger partial charge in [-0.15, -0.1) is 0 Å². The van der Waals surface area contributed by atoms with E-state index in [0.29, 0.717) is 23.5 Å². The fourth-order valence-electron chi connectivity index (χ4n) is 4.74. The second kappa shape index (κ2) is 11.5. The van der Waals surface area contributed by atoms with Crippen LogP contribution in [-0.2, 0) is 16.1 Å². The zero-order valence-electron chi connectivity index (χ0n) is 20.8. The summed E-state index contributed by atoms with van der Waals surface area (Å²) in [5.41, 5.74) is 2.13.